The third-order valence-corrected chi connectivity index (χ3v) is 5.94. The second kappa shape index (κ2) is 7.02. The number of likely N-dealkylation sites (tertiary alicyclic amines) is 1. The monoisotopic (exact) mass is 370 g/mol. The molecule has 1 amide bonds. The van der Waals surface area contributed by atoms with Crippen molar-refractivity contribution in [3.63, 3.8) is 0 Å². The number of nitrogens with zero attached hydrogens (tertiary/aromatic N) is 1. The topological polar surface area (TPSA) is 66.5 Å². The molecular formula is C17H23ClN2O3S. The summed E-state index contributed by atoms with van der Waals surface area (Å²) in [5, 5.41) is 0.715. The van der Waals surface area contributed by atoms with E-state index in [0.717, 1.165) is 37.5 Å². The van der Waals surface area contributed by atoms with Crippen molar-refractivity contribution in [1.29, 1.82) is 0 Å². The van der Waals surface area contributed by atoms with E-state index in [1.54, 1.807) is 0 Å². The zero-order valence-corrected chi connectivity index (χ0v) is 15.3. The van der Waals surface area contributed by atoms with Gasteiger partial charge in [0, 0.05) is 30.1 Å². The number of carbonyl (C=O) groups is 1. The Kier molecular flexibility index (Phi) is 5.18. The Balaban J connectivity index is 1.66. The van der Waals surface area contributed by atoms with Crippen molar-refractivity contribution in [3.8, 4) is 0 Å². The highest BCUT2D eigenvalue weighted by atomic mass is 35.5. The maximum Gasteiger partial charge on any atom is 0.226 e. The molecule has 0 spiro atoms. The first-order valence-corrected chi connectivity index (χ1v) is 10.6. The fourth-order valence-electron chi connectivity index (χ4n) is 3.55. The molecule has 1 aliphatic heterocycles. The number of hydrogen-bond donors (Lipinski definition) is 1. The van der Waals surface area contributed by atoms with E-state index < -0.39 is 10.0 Å². The van der Waals surface area contributed by atoms with Crippen LogP contribution in [-0.4, -0.2) is 44.6 Å². The minimum Gasteiger partial charge on any atom is -0.338 e. The Hall–Kier alpha value is -1.11. The van der Waals surface area contributed by atoms with Crippen molar-refractivity contribution in [2.45, 2.75) is 37.6 Å². The average molecular weight is 371 g/mol. The fourth-order valence-corrected chi connectivity index (χ4v) is 4.32. The second-order valence-electron chi connectivity index (χ2n) is 6.77. The molecule has 0 radical (unpaired) electrons. The van der Waals surface area contributed by atoms with Gasteiger partial charge in [-0.3, -0.25) is 4.79 Å². The van der Waals surface area contributed by atoms with Crippen LogP contribution in [0.1, 0.15) is 37.2 Å². The molecule has 1 heterocycles. The third-order valence-electron chi connectivity index (χ3n) is 4.90. The van der Waals surface area contributed by atoms with Gasteiger partial charge in [-0.15, -0.1) is 0 Å². The van der Waals surface area contributed by atoms with E-state index in [1.165, 1.54) is 0 Å². The van der Waals surface area contributed by atoms with Crippen LogP contribution in [0, 0.1) is 5.92 Å². The summed E-state index contributed by atoms with van der Waals surface area (Å²) in [6.07, 6.45) is 4.82. The quantitative estimate of drug-likeness (QED) is 0.865. The van der Waals surface area contributed by atoms with E-state index >= 15 is 0 Å². The van der Waals surface area contributed by atoms with E-state index in [1.807, 2.05) is 29.2 Å². The number of sulfonamides is 1. The van der Waals surface area contributed by atoms with Gasteiger partial charge in [-0.25, -0.2) is 13.1 Å². The Morgan fingerprint density at radius 3 is 2.79 bits per heavy atom. The first-order valence-electron chi connectivity index (χ1n) is 8.36. The molecule has 24 heavy (non-hydrogen) atoms. The zero-order chi connectivity index (χ0) is 17.3. The Bertz CT molecular complexity index is 722. The van der Waals surface area contributed by atoms with E-state index in [-0.39, 0.29) is 23.8 Å². The highest BCUT2D eigenvalue weighted by molar-refractivity contribution is 7.88. The van der Waals surface area contributed by atoms with Crippen LogP contribution < -0.4 is 4.72 Å². The van der Waals surface area contributed by atoms with Crippen LogP contribution >= 0.6 is 11.6 Å². The molecule has 1 aromatic rings. The molecule has 0 unspecified atom stereocenters. The summed E-state index contributed by atoms with van der Waals surface area (Å²) in [6, 6.07) is 7.63. The number of nitrogens with one attached hydrogen (secondary N) is 1. The predicted molar refractivity (Wildman–Crippen MR) is 94.5 cm³/mol. The van der Waals surface area contributed by atoms with Gasteiger partial charge < -0.3 is 4.90 Å². The van der Waals surface area contributed by atoms with Crippen molar-refractivity contribution in [2.75, 3.05) is 19.3 Å². The summed E-state index contributed by atoms with van der Waals surface area (Å²) in [7, 11) is -3.24. The molecule has 1 saturated carbocycles. The Morgan fingerprint density at radius 2 is 2.08 bits per heavy atom. The number of piperidine rings is 1. The summed E-state index contributed by atoms with van der Waals surface area (Å²) in [5.41, 5.74) is 1.04. The van der Waals surface area contributed by atoms with Crippen LogP contribution in [0.5, 0.6) is 0 Å². The van der Waals surface area contributed by atoms with Crippen molar-refractivity contribution >= 4 is 27.5 Å². The molecule has 1 aromatic carbocycles. The van der Waals surface area contributed by atoms with Gasteiger partial charge in [-0.05, 0) is 43.2 Å². The third kappa shape index (κ3) is 4.10. The van der Waals surface area contributed by atoms with Crippen LogP contribution in [0.25, 0.3) is 0 Å². The standard InChI is InChI=1S/C17H23ClN2O3S/c1-24(22,23)19-11-12-6-4-5-9-20(12)17(21)15-10-14(15)13-7-2-3-8-16(13)18/h2-3,7-8,12,14-15,19H,4-6,9-11H2,1H3/t12-,14-,15-/m0/s1. The lowest BCUT2D eigenvalue weighted by Gasteiger charge is -2.36. The lowest BCUT2D eigenvalue weighted by molar-refractivity contribution is -0.136. The molecule has 2 fully saturated rings. The van der Waals surface area contributed by atoms with Gasteiger partial charge in [0.1, 0.15) is 0 Å². The molecule has 1 N–H and O–H groups in total. The van der Waals surface area contributed by atoms with E-state index in [9.17, 15) is 13.2 Å². The molecule has 132 valence electrons. The van der Waals surface area contributed by atoms with Crippen LogP contribution in [0.15, 0.2) is 24.3 Å². The van der Waals surface area contributed by atoms with Crippen molar-refractivity contribution in [3.05, 3.63) is 34.9 Å². The number of rotatable bonds is 5. The van der Waals surface area contributed by atoms with Crippen LogP contribution in [-0.2, 0) is 14.8 Å². The smallest absolute Gasteiger partial charge is 0.226 e. The summed E-state index contributed by atoms with van der Waals surface area (Å²) < 4.78 is 25.2. The lowest BCUT2D eigenvalue weighted by Crippen LogP contribution is -2.49. The van der Waals surface area contributed by atoms with Gasteiger partial charge in [0.2, 0.25) is 15.9 Å². The lowest BCUT2D eigenvalue weighted by atomic mass is 10.0. The number of halogens is 1. The maximum absolute atomic E-state index is 12.9. The van der Waals surface area contributed by atoms with Crippen molar-refractivity contribution < 1.29 is 13.2 Å². The highest BCUT2D eigenvalue weighted by Gasteiger charge is 2.47. The molecule has 7 heteroatoms. The SMILES string of the molecule is CS(=O)(=O)NC[C@@H]1CCCCN1C(=O)[C@H]1C[C@H]1c1ccccc1Cl. The van der Waals surface area contributed by atoms with E-state index in [0.29, 0.717) is 18.1 Å². The van der Waals surface area contributed by atoms with Gasteiger partial charge in [-0.1, -0.05) is 29.8 Å². The predicted octanol–water partition coefficient (Wildman–Crippen LogP) is 2.37. The molecule has 3 atom stereocenters. The second-order valence-corrected chi connectivity index (χ2v) is 9.01. The number of carbonyl (C=O) groups excluding carboxylic acids is 1. The molecular weight excluding hydrogens is 348 g/mol. The minimum atomic E-state index is -3.24. The number of hydrogen-bond acceptors (Lipinski definition) is 3. The van der Waals surface area contributed by atoms with Gasteiger partial charge in [0.25, 0.3) is 0 Å². The minimum absolute atomic E-state index is 0.0243. The average Bonchev–Trinajstić information content (AvgIpc) is 3.33. The molecule has 3 rings (SSSR count). The van der Waals surface area contributed by atoms with Crippen molar-refractivity contribution in [2.24, 2.45) is 5.92 Å². The Morgan fingerprint density at radius 1 is 1.33 bits per heavy atom. The molecule has 5 nitrogen and oxygen atoms in total. The van der Waals surface area contributed by atoms with Crippen LogP contribution in [0.4, 0.5) is 0 Å². The zero-order valence-electron chi connectivity index (χ0n) is 13.7. The highest BCUT2D eigenvalue weighted by Crippen LogP contribution is 2.50. The first kappa shape index (κ1) is 17.7. The molecule has 0 aromatic heterocycles. The normalized spacial score (nSPS) is 27.1. The van der Waals surface area contributed by atoms with Gasteiger partial charge in [0.05, 0.1) is 6.26 Å². The van der Waals surface area contributed by atoms with Gasteiger partial charge in [0.15, 0.2) is 0 Å². The number of amides is 1. The van der Waals surface area contributed by atoms with Crippen LogP contribution in [0.3, 0.4) is 0 Å². The van der Waals surface area contributed by atoms with Gasteiger partial charge in [-0.2, -0.15) is 0 Å². The Labute approximate surface area is 148 Å². The summed E-state index contributed by atoms with van der Waals surface area (Å²) in [6.45, 7) is 1.01. The maximum atomic E-state index is 12.9. The van der Waals surface area contributed by atoms with Crippen LogP contribution in [0.2, 0.25) is 5.02 Å². The van der Waals surface area contributed by atoms with E-state index in [2.05, 4.69) is 4.72 Å². The summed E-state index contributed by atoms with van der Waals surface area (Å²) in [5.74, 6) is 0.306. The summed E-state index contributed by atoms with van der Waals surface area (Å²) >= 11 is 6.24. The largest absolute Gasteiger partial charge is 0.338 e. The summed E-state index contributed by atoms with van der Waals surface area (Å²) in [4.78, 5) is 14.8. The van der Waals surface area contributed by atoms with Crippen molar-refractivity contribution in [1.82, 2.24) is 9.62 Å². The molecule has 2 aliphatic rings. The molecule has 0 bridgehead atoms. The van der Waals surface area contributed by atoms with E-state index in [4.69, 9.17) is 11.6 Å². The molecule has 1 aliphatic carbocycles. The fraction of sp³-hybridized carbons (Fsp3) is 0.588. The first-order chi connectivity index (χ1) is 11.4. The van der Waals surface area contributed by atoms with Gasteiger partial charge >= 0.3 is 0 Å². The number of benzene rings is 1. The molecule has 1 saturated heterocycles.